The van der Waals surface area contributed by atoms with Gasteiger partial charge in [-0.1, -0.05) is 30.3 Å². The predicted octanol–water partition coefficient (Wildman–Crippen LogP) is 5.42. The largest absolute Gasteiger partial charge is 0.326 e. The first kappa shape index (κ1) is 18.2. The second kappa shape index (κ2) is 8.23. The van der Waals surface area contributed by atoms with Crippen molar-refractivity contribution in [2.45, 2.75) is 12.8 Å². The van der Waals surface area contributed by atoms with Crippen molar-refractivity contribution < 1.29 is 9.59 Å². The standard InChI is InChI=1S/C23H20N2O2S/c26-22(15-13-20-12-14-21(28-20)16-4-2-1-3-5-16)24-18-8-10-19(11-9-18)25-23(27)17-6-7-17/h1-5,8-15,17H,6-7H2,(H,24,26)(H,25,27)/b15-13+. The van der Waals surface area contributed by atoms with E-state index in [1.807, 2.05) is 30.3 Å². The van der Waals surface area contributed by atoms with Crippen LogP contribution in [0.4, 0.5) is 11.4 Å². The van der Waals surface area contributed by atoms with Crippen molar-refractivity contribution in [1.82, 2.24) is 0 Å². The van der Waals surface area contributed by atoms with E-state index in [2.05, 4.69) is 28.8 Å². The molecule has 1 aliphatic carbocycles. The molecule has 0 unspecified atom stereocenters. The maximum Gasteiger partial charge on any atom is 0.248 e. The van der Waals surface area contributed by atoms with Crippen molar-refractivity contribution in [2.75, 3.05) is 10.6 Å². The van der Waals surface area contributed by atoms with Crippen LogP contribution in [0.5, 0.6) is 0 Å². The van der Waals surface area contributed by atoms with Gasteiger partial charge in [0, 0.05) is 33.1 Å². The molecule has 1 fully saturated rings. The normalized spacial score (nSPS) is 13.4. The van der Waals surface area contributed by atoms with E-state index in [0.717, 1.165) is 23.4 Å². The lowest BCUT2D eigenvalue weighted by atomic mass is 10.2. The van der Waals surface area contributed by atoms with Crippen molar-refractivity contribution in [3.8, 4) is 10.4 Å². The van der Waals surface area contributed by atoms with E-state index >= 15 is 0 Å². The third-order valence-electron chi connectivity index (χ3n) is 4.45. The van der Waals surface area contributed by atoms with E-state index in [1.165, 1.54) is 16.5 Å². The summed E-state index contributed by atoms with van der Waals surface area (Å²) in [6, 6.07) is 21.4. The van der Waals surface area contributed by atoms with Crippen LogP contribution >= 0.6 is 11.3 Å². The molecule has 0 radical (unpaired) electrons. The molecular formula is C23H20N2O2S. The summed E-state index contributed by atoms with van der Waals surface area (Å²) in [5.41, 5.74) is 2.61. The van der Waals surface area contributed by atoms with Crippen LogP contribution in [0.1, 0.15) is 17.7 Å². The zero-order valence-corrected chi connectivity index (χ0v) is 16.0. The highest BCUT2D eigenvalue weighted by Gasteiger charge is 2.29. The summed E-state index contributed by atoms with van der Waals surface area (Å²) in [6.07, 6.45) is 5.30. The Hall–Kier alpha value is -3.18. The quantitative estimate of drug-likeness (QED) is 0.554. The highest BCUT2D eigenvalue weighted by molar-refractivity contribution is 7.16. The van der Waals surface area contributed by atoms with Crippen molar-refractivity contribution in [1.29, 1.82) is 0 Å². The number of hydrogen-bond acceptors (Lipinski definition) is 3. The monoisotopic (exact) mass is 388 g/mol. The van der Waals surface area contributed by atoms with Gasteiger partial charge in [0.25, 0.3) is 0 Å². The third-order valence-corrected chi connectivity index (χ3v) is 5.55. The van der Waals surface area contributed by atoms with Crippen molar-refractivity contribution in [3.05, 3.63) is 77.7 Å². The molecule has 0 bridgehead atoms. The number of rotatable bonds is 6. The fourth-order valence-corrected chi connectivity index (χ4v) is 3.68. The smallest absolute Gasteiger partial charge is 0.248 e. The molecule has 0 saturated heterocycles. The molecule has 1 aromatic heterocycles. The highest BCUT2D eigenvalue weighted by atomic mass is 32.1. The molecule has 3 aromatic rings. The summed E-state index contributed by atoms with van der Waals surface area (Å²) < 4.78 is 0. The van der Waals surface area contributed by atoms with Gasteiger partial charge in [-0.2, -0.15) is 0 Å². The second-order valence-corrected chi connectivity index (χ2v) is 7.85. The van der Waals surface area contributed by atoms with Crippen LogP contribution in [-0.2, 0) is 9.59 Å². The van der Waals surface area contributed by atoms with Crippen LogP contribution in [0, 0.1) is 5.92 Å². The Labute approximate surface area is 167 Å². The van der Waals surface area contributed by atoms with Crippen molar-refractivity contribution in [3.63, 3.8) is 0 Å². The van der Waals surface area contributed by atoms with E-state index in [1.54, 1.807) is 35.6 Å². The summed E-state index contributed by atoms with van der Waals surface area (Å²) in [5.74, 6) is 0.0548. The topological polar surface area (TPSA) is 58.2 Å². The highest BCUT2D eigenvalue weighted by Crippen LogP contribution is 2.30. The Morgan fingerprint density at radius 3 is 2.21 bits per heavy atom. The van der Waals surface area contributed by atoms with Gasteiger partial charge >= 0.3 is 0 Å². The molecule has 1 saturated carbocycles. The minimum atomic E-state index is -0.190. The molecule has 0 aliphatic heterocycles. The van der Waals surface area contributed by atoms with E-state index in [-0.39, 0.29) is 17.7 Å². The first-order chi connectivity index (χ1) is 13.7. The maximum absolute atomic E-state index is 12.2. The number of benzene rings is 2. The van der Waals surface area contributed by atoms with Gasteiger partial charge in [0.2, 0.25) is 11.8 Å². The minimum absolute atomic E-state index is 0.0746. The molecule has 4 nitrogen and oxygen atoms in total. The minimum Gasteiger partial charge on any atom is -0.326 e. The van der Waals surface area contributed by atoms with Gasteiger partial charge < -0.3 is 10.6 Å². The lowest BCUT2D eigenvalue weighted by Crippen LogP contribution is -2.13. The van der Waals surface area contributed by atoms with Crippen LogP contribution in [0.2, 0.25) is 0 Å². The lowest BCUT2D eigenvalue weighted by molar-refractivity contribution is -0.117. The summed E-state index contributed by atoms with van der Waals surface area (Å²) in [5, 5.41) is 5.72. The SMILES string of the molecule is O=C(/C=C/c1ccc(-c2ccccc2)s1)Nc1ccc(NC(=O)C2CC2)cc1. The van der Waals surface area contributed by atoms with Gasteiger partial charge in [-0.3, -0.25) is 9.59 Å². The van der Waals surface area contributed by atoms with Crippen LogP contribution in [-0.4, -0.2) is 11.8 Å². The summed E-state index contributed by atoms with van der Waals surface area (Å²) in [4.78, 5) is 26.1. The second-order valence-electron chi connectivity index (χ2n) is 6.73. The molecule has 1 aliphatic rings. The zero-order chi connectivity index (χ0) is 19.3. The Bertz CT molecular complexity index is 1000. The Kier molecular flexibility index (Phi) is 5.35. The Morgan fingerprint density at radius 2 is 1.54 bits per heavy atom. The van der Waals surface area contributed by atoms with Gasteiger partial charge in [-0.15, -0.1) is 11.3 Å². The number of anilines is 2. The molecule has 28 heavy (non-hydrogen) atoms. The molecular weight excluding hydrogens is 368 g/mol. The summed E-state index contributed by atoms with van der Waals surface area (Å²) in [6.45, 7) is 0. The molecule has 2 aromatic carbocycles. The van der Waals surface area contributed by atoms with Crippen LogP contribution in [0.15, 0.2) is 72.8 Å². The maximum atomic E-state index is 12.2. The number of carbonyl (C=O) groups excluding carboxylic acids is 2. The average Bonchev–Trinajstić information content (AvgIpc) is 3.47. The fraction of sp³-hybridized carbons (Fsp3) is 0.130. The predicted molar refractivity (Wildman–Crippen MR) is 115 cm³/mol. The molecule has 5 heteroatoms. The molecule has 4 rings (SSSR count). The first-order valence-corrected chi connectivity index (χ1v) is 10.0. The summed E-state index contributed by atoms with van der Waals surface area (Å²) >= 11 is 1.64. The molecule has 140 valence electrons. The van der Waals surface area contributed by atoms with E-state index < -0.39 is 0 Å². The van der Waals surface area contributed by atoms with Gasteiger partial charge in [0.05, 0.1) is 0 Å². The van der Waals surface area contributed by atoms with Crippen LogP contribution < -0.4 is 10.6 Å². The van der Waals surface area contributed by atoms with Gasteiger partial charge in [-0.05, 0) is 60.9 Å². The van der Waals surface area contributed by atoms with Gasteiger partial charge in [0.15, 0.2) is 0 Å². The first-order valence-electron chi connectivity index (χ1n) is 9.23. The lowest BCUT2D eigenvalue weighted by Gasteiger charge is -2.06. The van der Waals surface area contributed by atoms with E-state index in [9.17, 15) is 9.59 Å². The van der Waals surface area contributed by atoms with Crippen LogP contribution in [0.3, 0.4) is 0 Å². The molecule has 0 spiro atoms. The third kappa shape index (κ3) is 4.75. The van der Waals surface area contributed by atoms with E-state index in [4.69, 9.17) is 0 Å². The molecule has 0 atom stereocenters. The van der Waals surface area contributed by atoms with E-state index in [0.29, 0.717) is 5.69 Å². The molecule has 2 N–H and O–H groups in total. The molecule has 2 amide bonds. The number of amides is 2. The fourth-order valence-electron chi connectivity index (χ4n) is 2.77. The Balaban J connectivity index is 1.32. The molecule has 1 heterocycles. The average molecular weight is 388 g/mol. The van der Waals surface area contributed by atoms with Crippen molar-refractivity contribution >= 4 is 40.6 Å². The number of thiophene rings is 1. The van der Waals surface area contributed by atoms with Gasteiger partial charge in [0.1, 0.15) is 0 Å². The Morgan fingerprint density at radius 1 is 0.857 bits per heavy atom. The zero-order valence-electron chi connectivity index (χ0n) is 15.2. The van der Waals surface area contributed by atoms with Crippen molar-refractivity contribution in [2.24, 2.45) is 5.92 Å². The number of hydrogen-bond donors (Lipinski definition) is 2. The number of nitrogens with one attached hydrogen (secondary N) is 2. The number of carbonyl (C=O) groups is 2. The van der Waals surface area contributed by atoms with Crippen LogP contribution in [0.25, 0.3) is 16.5 Å². The van der Waals surface area contributed by atoms with Gasteiger partial charge in [-0.25, -0.2) is 0 Å². The summed E-state index contributed by atoms with van der Waals surface area (Å²) in [7, 11) is 0.